The van der Waals surface area contributed by atoms with Gasteiger partial charge in [0.15, 0.2) is 11.4 Å². The number of hydrogen-bond donors (Lipinski definition) is 1. The lowest BCUT2D eigenvalue weighted by molar-refractivity contribution is 0.0686. The van der Waals surface area contributed by atoms with Crippen LogP contribution in [0.5, 0.6) is 11.5 Å². The number of hydrogen-bond acceptors (Lipinski definition) is 5. The summed E-state index contributed by atoms with van der Waals surface area (Å²) in [4.78, 5) is 23.2. The van der Waals surface area contributed by atoms with Gasteiger partial charge in [-0.15, -0.1) is 0 Å². The van der Waals surface area contributed by atoms with Crippen molar-refractivity contribution in [3.63, 3.8) is 0 Å². The molecule has 1 N–H and O–H groups in total. The van der Waals surface area contributed by atoms with Crippen LogP contribution < -0.4 is 4.74 Å². The predicted octanol–water partition coefficient (Wildman–Crippen LogP) is 3.14. The van der Waals surface area contributed by atoms with Crippen molar-refractivity contribution >= 4 is 17.6 Å². The molecule has 0 atom stereocenters. The first-order chi connectivity index (χ1) is 9.47. The van der Waals surface area contributed by atoms with Crippen LogP contribution in [0.3, 0.4) is 0 Å². The molecule has 2 heterocycles. The molecule has 0 fully saturated rings. The lowest BCUT2D eigenvalue weighted by Gasteiger charge is -2.10. The van der Waals surface area contributed by atoms with Gasteiger partial charge in [0.1, 0.15) is 11.6 Å². The number of carbonyl (C=O) groups is 1. The molecule has 0 aliphatic carbocycles. The first-order valence-electron chi connectivity index (χ1n) is 5.86. The van der Waals surface area contributed by atoms with Crippen molar-refractivity contribution in [1.82, 2.24) is 15.0 Å². The van der Waals surface area contributed by atoms with Crippen LogP contribution in [0.25, 0.3) is 0 Å². The standard InChI is InChI=1S/C13H12ClN3O3/c1-7(2)12-16-6-10(11(17-12)13(18)19)20-9-3-8(14)4-15-5-9/h3-7H,1-2H3,(H,18,19). The molecule has 2 aromatic heterocycles. The van der Waals surface area contributed by atoms with E-state index in [1.807, 2.05) is 13.8 Å². The van der Waals surface area contributed by atoms with Crippen LogP contribution in [-0.2, 0) is 0 Å². The van der Waals surface area contributed by atoms with Crippen LogP contribution in [-0.4, -0.2) is 26.0 Å². The minimum absolute atomic E-state index is 0.0231. The molecule has 0 radical (unpaired) electrons. The maximum atomic E-state index is 11.2. The Bertz CT molecular complexity index is 647. The first kappa shape index (κ1) is 14.2. The average molecular weight is 294 g/mol. The maximum absolute atomic E-state index is 11.2. The van der Waals surface area contributed by atoms with Gasteiger partial charge in [-0.1, -0.05) is 25.4 Å². The summed E-state index contributed by atoms with van der Waals surface area (Å²) in [7, 11) is 0. The monoisotopic (exact) mass is 293 g/mol. The van der Waals surface area contributed by atoms with E-state index >= 15 is 0 Å². The Balaban J connectivity index is 2.38. The van der Waals surface area contributed by atoms with Gasteiger partial charge in [-0.25, -0.2) is 14.8 Å². The number of halogens is 1. The third-order valence-corrected chi connectivity index (χ3v) is 2.61. The van der Waals surface area contributed by atoms with Crippen LogP contribution >= 0.6 is 11.6 Å². The highest BCUT2D eigenvalue weighted by atomic mass is 35.5. The molecule has 104 valence electrons. The Morgan fingerprint density at radius 3 is 2.70 bits per heavy atom. The summed E-state index contributed by atoms with van der Waals surface area (Å²) in [6.07, 6.45) is 4.21. The van der Waals surface area contributed by atoms with E-state index < -0.39 is 5.97 Å². The maximum Gasteiger partial charge on any atom is 0.358 e. The number of carboxylic acid groups (broad SMARTS) is 1. The number of carboxylic acids is 1. The number of pyridine rings is 1. The van der Waals surface area contributed by atoms with E-state index in [9.17, 15) is 9.90 Å². The fraction of sp³-hybridized carbons (Fsp3) is 0.231. The highest BCUT2D eigenvalue weighted by Gasteiger charge is 2.17. The summed E-state index contributed by atoms with van der Waals surface area (Å²) in [5, 5.41) is 9.58. The highest BCUT2D eigenvalue weighted by molar-refractivity contribution is 6.30. The average Bonchev–Trinajstić information content (AvgIpc) is 2.38. The first-order valence-corrected chi connectivity index (χ1v) is 6.24. The molecule has 7 heteroatoms. The van der Waals surface area contributed by atoms with Crippen molar-refractivity contribution in [3.05, 3.63) is 41.2 Å². The molecule has 0 unspecified atom stereocenters. The van der Waals surface area contributed by atoms with Crippen LogP contribution in [0.4, 0.5) is 0 Å². The molecule has 0 aliphatic heterocycles. The van der Waals surface area contributed by atoms with Crippen molar-refractivity contribution in [3.8, 4) is 11.5 Å². The van der Waals surface area contributed by atoms with E-state index in [0.717, 1.165) is 0 Å². The SMILES string of the molecule is CC(C)c1ncc(Oc2cncc(Cl)c2)c(C(=O)O)n1. The van der Waals surface area contributed by atoms with Gasteiger partial charge in [0.2, 0.25) is 0 Å². The summed E-state index contributed by atoms with van der Waals surface area (Å²) in [5.74, 6) is -0.347. The Labute approximate surface area is 120 Å². The minimum Gasteiger partial charge on any atom is -0.476 e. The minimum atomic E-state index is -1.18. The molecular weight excluding hydrogens is 282 g/mol. The second kappa shape index (κ2) is 5.83. The van der Waals surface area contributed by atoms with Gasteiger partial charge < -0.3 is 9.84 Å². The molecule has 0 spiro atoms. The lowest BCUT2D eigenvalue weighted by atomic mass is 10.2. The third kappa shape index (κ3) is 3.21. The van der Waals surface area contributed by atoms with E-state index in [1.165, 1.54) is 24.7 Å². The Morgan fingerprint density at radius 2 is 2.10 bits per heavy atom. The number of aromatic carboxylic acids is 1. The topological polar surface area (TPSA) is 85.2 Å². The summed E-state index contributed by atoms with van der Waals surface area (Å²) < 4.78 is 5.43. The zero-order valence-electron chi connectivity index (χ0n) is 10.9. The third-order valence-electron chi connectivity index (χ3n) is 2.40. The molecule has 0 bridgehead atoms. The van der Waals surface area contributed by atoms with Crippen LogP contribution in [0, 0.1) is 0 Å². The number of ether oxygens (including phenoxy) is 1. The Hall–Kier alpha value is -2.21. The molecule has 0 aromatic carbocycles. The quantitative estimate of drug-likeness (QED) is 0.932. The fourth-order valence-corrected chi connectivity index (χ4v) is 1.63. The van der Waals surface area contributed by atoms with Crippen LogP contribution in [0.1, 0.15) is 36.1 Å². The second-order valence-corrected chi connectivity index (χ2v) is 4.78. The number of aromatic nitrogens is 3. The predicted molar refractivity (Wildman–Crippen MR) is 72.4 cm³/mol. The summed E-state index contributed by atoms with van der Waals surface area (Å²) in [6.45, 7) is 3.75. The molecule has 6 nitrogen and oxygen atoms in total. The van der Waals surface area contributed by atoms with Crippen molar-refractivity contribution in [2.45, 2.75) is 19.8 Å². The van der Waals surface area contributed by atoms with E-state index in [-0.39, 0.29) is 17.4 Å². The number of rotatable bonds is 4. The second-order valence-electron chi connectivity index (χ2n) is 4.34. The largest absolute Gasteiger partial charge is 0.476 e. The van der Waals surface area contributed by atoms with Gasteiger partial charge in [-0.3, -0.25) is 4.98 Å². The summed E-state index contributed by atoms with van der Waals surface area (Å²) in [5.41, 5.74) is -0.191. The van der Waals surface area contributed by atoms with Gasteiger partial charge in [-0.05, 0) is 0 Å². The zero-order valence-corrected chi connectivity index (χ0v) is 11.6. The molecule has 0 amide bonds. The molecule has 0 saturated carbocycles. The molecule has 0 saturated heterocycles. The summed E-state index contributed by atoms with van der Waals surface area (Å²) in [6, 6.07) is 1.52. The van der Waals surface area contributed by atoms with Gasteiger partial charge in [0, 0.05) is 18.2 Å². The van der Waals surface area contributed by atoms with Crippen LogP contribution in [0.2, 0.25) is 5.02 Å². The van der Waals surface area contributed by atoms with E-state index in [2.05, 4.69) is 15.0 Å². The van der Waals surface area contributed by atoms with Crippen molar-refractivity contribution < 1.29 is 14.6 Å². The van der Waals surface area contributed by atoms with Crippen molar-refractivity contribution in [2.24, 2.45) is 0 Å². The lowest BCUT2D eigenvalue weighted by Crippen LogP contribution is -2.08. The molecular formula is C13H12ClN3O3. The van der Waals surface area contributed by atoms with Gasteiger partial charge >= 0.3 is 5.97 Å². The highest BCUT2D eigenvalue weighted by Crippen LogP contribution is 2.26. The number of nitrogens with zero attached hydrogens (tertiary/aromatic N) is 3. The van der Waals surface area contributed by atoms with Gasteiger partial charge in [-0.2, -0.15) is 0 Å². The van der Waals surface area contributed by atoms with E-state index in [1.54, 1.807) is 0 Å². The molecule has 0 aliphatic rings. The van der Waals surface area contributed by atoms with Gasteiger partial charge in [0.25, 0.3) is 0 Å². The van der Waals surface area contributed by atoms with Gasteiger partial charge in [0.05, 0.1) is 17.4 Å². The smallest absolute Gasteiger partial charge is 0.358 e. The van der Waals surface area contributed by atoms with E-state index in [0.29, 0.717) is 16.6 Å². The van der Waals surface area contributed by atoms with Crippen molar-refractivity contribution in [1.29, 1.82) is 0 Å². The fourth-order valence-electron chi connectivity index (χ4n) is 1.47. The molecule has 2 aromatic rings. The summed E-state index contributed by atoms with van der Waals surface area (Å²) >= 11 is 5.79. The normalized spacial score (nSPS) is 10.6. The van der Waals surface area contributed by atoms with E-state index in [4.69, 9.17) is 16.3 Å². The Kier molecular flexibility index (Phi) is 4.14. The van der Waals surface area contributed by atoms with Crippen molar-refractivity contribution in [2.75, 3.05) is 0 Å². The Morgan fingerprint density at radius 1 is 1.35 bits per heavy atom. The molecule has 20 heavy (non-hydrogen) atoms. The zero-order chi connectivity index (χ0) is 14.7. The van der Waals surface area contributed by atoms with Crippen LogP contribution in [0.15, 0.2) is 24.7 Å². The molecule has 2 rings (SSSR count).